The summed E-state index contributed by atoms with van der Waals surface area (Å²) in [6.45, 7) is 0. The van der Waals surface area contributed by atoms with Crippen LogP contribution in [-0.4, -0.2) is 0 Å². The summed E-state index contributed by atoms with van der Waals surface area (Å²) in [6.07, 6.45) is 14.6. The maximum Gasteiger partial charge on any atom is 0.0497 e. The first-order valence-electron chi connectivity index (χ1n) is 21.0. The molecular weight excluding hydrogens is 711 g/mol. The van der Waals surface area contributed by atoms with Gasteiger partial charge in [-0.25, -0.2) is 0 Å². The molecule has 1 atom stereocenters. The van der Waals surface area contributed by atoms with E-state index in [0.717, 1.165) is 19.3 Å². The molecule has 0 radical (unpaired) electrons. The summed E-state index contributed by atoms with van der Waals surface area (Å²) in [6, 6.07) is 65.6. The van der Waals surface area contributed by atoms with Crippen molar-refractivity contribution in [2.75, 3.05) is 4.90 Å². The number of aryl methyl sites for hydroxylation is 1. The Bertz CT molecular complexity index is 3270. The van der Waals surface area contributed by atoms with Crippen LogP contribution in [0.15, 0.2) is 223 Å². The molecular formula is C58H41N. The zero-order valence-corrected chi connectivity index (χ0v) is 32.8. The van der Waals surface area contributed by atoms with Crippen molar-refractivity contribution in [1.82, 2.24) is 0 Å². The van der Waals surface area contributed by atoms with Crippen LogP contribution in [0.25, 0.3) is 76.5 Å². The molecule has 9 aromatic rings. The van der Waals surface area contributed by atoms with Crippen LogP contribution in [0.3, 0.4) is 0 Å². The summed E-state index contributed by atoms with van der Waals surface area (Å²) in [5.74, 6) is 0.386. The lowest BCUT2D eigenvalue weighted by Crippen LogP contribution is -2.23. The van der Waals surface area contributed by atoms with Crippen LogP contribution >= 0.6 is 0 Å². The van der Waals surface area contributed by atoms with Gasteiger partial charge in [-0.1, -0.05) is 176 Å². The van der Waals surface area contributed by atoms with Crippen molar-refractivity contribution in [2.45, 2.75) is 19.3 Å². The van der Waals surface area contributed by atoms with E-state index in [1.165, 1.54) is 110 Å². The first-order valence-corrected chi connectivity index (χ1v) is 21.0. The maximum atomic E-state index is 2.60. The highest BCUT2D eigenvalue weighted by Gasteiger charge is 2.30. The van der Waals surface area contributed by atoms with Crippen molar-refractivity contribution in [3.8, 4) is 33.4 Å². The van der Waals surface area contributed by atoms with Gasteiger partial charge in [-0.15, -0.1) is 0 Å². The zero-order chi connectivity index (χ0) is 38.9. The fourth-order valence-corrected chi connectivity index (χ4v) is 10.3. The van der Waals surface area contributed by atoms with Gasteiger partial charge < -0.3 is 4.90 Å². The second-order valence-electron chi connectivity index (χ2n) is 16.3. The van der Waals surface area contributed by atoms with Crippen molar-refractivity contribution in [2.24, 2.45) is 5.92 Å². The molecule has 0 amide bonds. The Kier molecular flexibility index (Phi) is 7.88. The Hall–Kier alpha value is -7.22. The Balaban J connectivity index is 1.12. The van der Waals surface area contributed by atoms with Crippen LogP contribution in [0.4, 0.5) is 11.4 Å². The van der Waals surface area contributed by atoms with Crippen LogP contribution in [-0.2, 0) is 6.42 Å². The molecule has 1 heteroatoms. The number of rotatable bonds is 4. The van der Waals surface area contributed by atoms with E-state index < -0.39 is 0 Å². The molecule has 0 bridgehead atoms. The quantitative estimate of drug-likeness (QED) is 0.162. The smallest absolute Gasteiger partial charge is 0.0497 e. The lowest BCUT2D eigenvalue weighted by atomic mass is 9.81. The number of allylic oxidation sites excluding steroid dienone is 8. The monoisotopic (exact) mass is 751 g/mol. The average molecular weight is 752 g/mol. The topological polar surface area (TPSA) is 3.24 Å². The molecule has 0 saturated carbocycles. The summed E-state index contributed by atoms with van der Waals surface area (Å²) in [4.78, 5) is 2.60. The molecule has 9 aromatic carbocycles. The Labute approximate surface area is 345 Å². The van der Waals surface area contributed by atoms with Gasteiger partial charge in [0.2, 0.25) is 0 Å². The molecule has 0 spiro atoms. The summed E-state index contributed by atoms with van der Waals surface area (Å²) < 4.78 is 0. The molecule has 2 aliphatic carbocycles. The molecule has 0 saturated heterocycles. The highest BCUT2D eigenvalue weighted by Crippen LogP contribution is 2.50. The van der Waals surface area contributed by atoms with Crippen LogP contribution in [0.1, 0.15) is 18.4 Å². The Morgan fingerprint density at radius 1 is 0.475 bits per heavy atom. The fraction of sp³-hybridized carbons (Fsp3) is 0.0690. The predicted octanol–water partition coefficient (Wildman–Crippen LogP) is 15.7. The minimum atomic E-state index is 0.386. The maximum absolute atomic E-state index is 2.60. The van der Waals surface area contributed by atoms with Gasteiger partial charge in [-0.3, -0.25) is 0 Å². The van der Waals surface area contributed by atoms with Crippen LogP contribution in [0, 0.1) is 5.92 Å². The van der Waals surface area contributed by atoms with Crippen molar-refractivity contribution < 1.29 is 0 Å². The van der Waals surface area contributed by atoms with E-state index in [9.17, 15) is 0 Å². The predicted molar refractivity (Wildman–Crippen MR) is 251 cm³/mol. The number of anilines is 2. The molecule has 0 aromatic heterocycles. The Morgan fingerprint density at radius 3 is 1.81 bits per heavy atom. The second kappa shape index (κ2) is 13.7. The molecule has 59 heavy (non-hydrogen) atoms. The van der Waals surface area contributed by atoms with Gasteiger partial charge in [0.05, 0.1) is 0 Å². The number of fused-ring (bicyclic) bond motifs is 9. The first-order chi connectivity index (χ1) is 29.3. The molecule has 1 unspecified atom stereocenters. The lowest BCUT2D eigenvalue weighted by molar-refractivity contribution is 0.716. The number of hydrogen-bond donors (Lipinski definition) is 0. The molecule has 278 valence electrons. The third-order valence-corrected chi connectivity index (χ3v) is 13.0. The SMILES string of the molecule is C1=CC2=CC3=C(CC2C=C1)N(c1ccc(-c2cc(-c4ccccc4)c(-c4ccccc4)c4c5ccccc5c5ccccc5c24)cc1)c1cc2ccccc2cc1CC3. The summed E-state index contributed by atoms with van der Waals surface area (Å²) in [5, 5.41) is 10.3. The van der Waals surface area contributed by atoms with E-state index in [1.54, 1.807) is 0 Å². The summed E-state index contributed by atoms with van der Waals surface area (Å²) in [7, 11) is 0. The third kappa shape index (κ3) is 5.53. The van der Waals surface area contributed by atoms with E-state index in [1.807, 2.05) is 0 Å². The van der Waals surface area contributed by atoms with Gasteiger partial charge in [-0.2, -0.15) is 0 Å². The second-order valence-corrected chi connectivity index (χ2v) is 16.3. The largest absolute Gasteiger partial charge is 0.314 e. The van der Waals surface area contributed by atoms with Crippen LogP contribution < -0.4 is 4.90 Å². The molecule has 1 nitrogen and oxygen atoms in total. The van der Waals surface area contributed by atoms with Gasteiger partial charge in [0.1, 0.15) is 0 Å². The standard InChI is InChI=1S/C58H41N/c1-3-15-38(16-4-1)52-37-53(57-50-25-13-11-23-48(50)49-24-12-14-26-51(49)58(57)56(52)40-17-5-2-6-18-40)39-29-31-47(32-30-39)59-54-35-43-21-9-7-19-41(43)33-45(54)27-28-46-34-42-20-8-10-22-44(42)36-55(46)59/h1-26,29-35,37,44H,27-28,36H2. The highest BCUT2D eigenvalue weighted by molar-refractivity contribution is 6.33. The number of nitrogens with zero attached hydrogens (tertiary/aromatic N) is 1. The fourth-order valence-electron chi connectivity index (χ4n) is 10.3. The van der Waals surface area contributed by atoms with Gasteiger partial charge in [-0.05, 0) is 143 Å². The molecule has 1 aliphatic heterocycles. The van der Waals surface area contributed by atoms with Gasteiger partial charge in [0.15, 0.2) is 0 Å². The van der Waals surface area contributed by atoms with E-state index in [4.69, 9.17) is 0 Å². The minimum absolute atomic E-state index is 0.386. The van der Waals surface area contributed by atoms with Gasteiger partial charge >= 0.3 is 0 Å². The number of hydrogen-bond acceptors (Lipinski definition) is 1. The van der Waals surface area contributed by atoms with Crippen molar-refractivity contribution in [1.29, 1.82) is 0 Å². The average Bonchev–Trinajstić information content (AvgIpc) is 3.46. The van der Waals surface area contributed by atoms with Gasteiger partial charge in [0, 0.05) is 23.0 Å². The molecule has 1 heterocycles. The van der Waals surface area contributed by atoms with E-state index in [-0.39, 0.29) is 0 Å². The first kappa shape index (κ1) is 33.9. The van der Waals surface area contributed by atoms with E-state index in [0.29, 0.717) is 5.92 Å². The molecule has 0 N–H and O–H groups in total. The van der Waals surface area contributed by atoms with Crippen molar-refractivity contribution >= 4 is 54.5 Å². The van der Waals surface area contributed by atoms with E-state index in [2.05, 4.69) is 211 Å². The third-order valence-electron chi connectivity index (χ3n) is 13.0. The zero-order valence-electron chi connectivity index (χ0n) is 32.8. The molecule has 12 rings (SSSR count). The van der Waals surface area contributed by atoms with Crippen molar-refractivity contribution in [3.63, 3.8) is 0 Å². The lowest BCUT2D eigenvalue weighted by Gasteiger charge is -2.34. The highest BCUT2D eigenvalue weighted by atomic mass is 15.2. The van der Waals surface area contributed by atoms with Gasteiger partial charge in [0.25, 0.3) is 0 Å². The van der Waals surface area contributed by atoms with E-state index >= 15 is 0 Å². The van der Waals surface area contributed by atoms with Crippen molar-refractivity contribution in [3.05, 3.63) is 229 Å². The summed E-state index contributed by atoms with van der Waals surface area (Å²) in [5.41, 5.74) is 15.6. The summed E-state index contributed by atoms with van der Waals surface area (Å²) >= 11 is 0. The molecule has 0 fully saturated rings. The van der Waals surface area contributed by atoms with Crippen LogP contribution in [0.5, 0.6) is 0 Å². The van der Waals surface area contributed by atoms with Crippen LogP contribution in [0.2, 0.25) is 0 Å². The Morgan fingerprint density at radius 2 is 1.08 bits per heavy atom. The molecule has 3 aliphatic rings. The minimum Gasteiger partial charge on any atom is -0.314 e. The number of benzene rings is 9. The normalized spacial score (nSPS) is 16.0.